The van der Waals surface area contributed by atoms with Crippen LogP contribution in [0.5, 0.6) is 0 Å². The average molecular weight is 308 g/mol. The van der Waals surface area contributed by atoms with Gasteiger partial charge in [0, 0.05) is 43.6 Å². The number of aryl methyl sites for hydroxylation is 1. The fourth-order valence-electron chi connectivity index (χ4n) is 2.54. The number of anilines is 3. The van der Waals surface area contributed by atoms with Gasteiger partial charge in [-0.15, -0.1) is 0 Å². The molecule has 118 valence electrons. The van der Waals surface area contributed by atoms with E-state index in [1.807, 2.05) is 25.1 Å². The predicted molar refractivity (Wildman–Crippen MR) is 90.9 cm³/mol. The quantitative estimate of drug-likeness (QED) is 0.937. The van der Waals surface area contributed by atoms with Gasteiger partial charge >= 0.3 is 0 Å². The van der Waals surface area contributed by atoms with Gasteiger partial charge in [-0.25, -0.2) is 4.98 Å². The second-order valence-electron chi connectivity index (χ2n) is 5.80. The lowest BCUT2D eigenvalue weighted by Gasteiger charge is -2.32. The summed E-state index contributed by atoms with van der Waals surface area (Å²) in [5, 5.41) is 12.1. The van der Waals surface area contributed by atoms with Gasteiger partial charge in [-0.3, -0.25) is 0 Å². The second-order valence-corrected chi connectivity index (χ2v) is 5.80. The van der Waals surface area contributed by atoms with Crippen LogP contribution in [0.1, 0.15) is 11.3 Å². The Morgan fingerprint density at radius 1 is 1.09 bits per heavy atom. The zero-order chi connectivity index (χ0) is 16.2. The number of nitriles is 1. The lowest BCUT2D eigenvalue weighted by Crippen LogP contribution is -2.45. The first-order chi connectivity index (χ1) is 11.1. The Morgan fingerprint density at radius 3 is 2.43 bits per heavy atom. The zero-order valence-electron chi connectivity index (χ0n) is 13.5. The Labute approximate surface area is 136 Å². The van der Waals surface area contributed by atoms with Gasteiger partial charge < -0.3 is 15.1 Å². The molecule has 1 N–H and O–H groups in total. The molecule has 2 aromatic rings. The molecule has 1 aromatic carbocycles. The molecule has 0 amide bonds. The van der Waals surface area contributed by atoms with E-state index >= 15 is 0 Å². The molecule has 0 radical (unpaired) electrons. The Bertz CT molecular complexity index is 711. The number of benzene rings is 1. The summed E-state index contributed by atoms with van der Waals surface area (Å²) in [5.74, 6) is 1.55. The zero-order valence-corrected chi connectivity index (χ0v) is 13.5. The van der Waals surface area contributed by atoms with Crippen LogP contribution in [0.4, 0.5) is 17.5 Å². The van der Waals surface area contributed by atoms with Crippen molar-refractivity contribution in [2.75, 3.05) is 43.4 Å². The molecule has 1 fully saturated rings. The Balaban J connectivity index is 1.78. The van der Waals surface area contributed by atoms with Crippen molar-refractivity contribution in [1.82, 2.24) is 14.9 Å². The summed E-state index contributed by atoms with van der Waals surface area (Å²) in [4.78, 5) is 13.7. The first-order valence-corrected chi connectivity index (χ1v) is 7.70. The van der Waals surface area contributed by atoms with Crippen LogP contribution in [0.25, 0.3) is 0 Å². The van der Waals surface area contributed by atoms with E-state index in [-0.39, 0.29) is 0 Å². The summed E-state index contributed by atoms with van der Waals surface area (Å²) in [6.45, 7) is 5.91. The van der Waals surface area contributed by atoms with Crippen LogP contribution in [0.15, 0.2) is 30.3 Å². The Hall–Kier alpha value is -2.65. The molecule has 0 spiro atoms. The van der Waals surface area contributed by atoms with Gasteiger partial charge in [0.1, 0.15) is 5.82 Å². The monoisotopic (exact) mass is 308 g/mol. The number of nitrogens with zero attached hydrogens (tertiary/aromatic N) is 5. The first kappa shape index (κ1) is 15.3. The van der Waals surface area contributed by atoms with E-state index in [9.17, 15) is 0 Å². The van der Waals surface area contributed by atoms with Crippen molar-refractivity contribution in [2.45, 2.75) is 6.92 Å². The summed E-state index contributed by atoms with van der Waals surface area (Å²) in [7, 11) is 2.13. The number of rotatable bonds is 3. The molecule has 3 rings (SSSR count). The third kappa shape index (κ3) is 3.76. The third-order valence-electron chi connectivity index (χ3n) is 3.91. The minimum atomic E-state index is 0.646. The highest BCUT2D eigenvalue weighted by atomic mass is 15.3. The van der Waals surface area contributed by atoms with E-state index in [2.05, 4.69) is 38.2 Å². The Morgan fingerprint density at radius 2 is 1.78 bits per heavy atom. The summed E-state index contributed by atoms with van der Waals surface area (Å²) < 4.78 is 0. The van der Waals surface area contributed by atoms with Crippen LogP contribution in [0.2, 0.25) is 0 Å². The molecule has 0 atom stereocenters. The predicted octanol–water partition coefficient (Wildman–Crippen LogP) is 2.15. The van der Waals surface area contributed by atoms with E-state index in [0.717, 1.165) is 49.3 Å². The molecule has 2 heterocycles. The minimum Gasteiger partial charge on any atom is -0.340 e. The number of piperazine rings is 1. The maximum Gasteiger partial charge on any atom is 0.227 e. The largest absolute Gasteiger partial charge is 0.340 e. The van der Waals surface area contributed by atoms with Crippen molar-refractivity contribution in [1.29, 1.82) is 5.26 Å². The van der Waals surface area contributed by atoms with Crippen LogP contribution in [-0.2, 0) is 0 Å². The van der Waals surface area contributed by atoms with Gasteiger partial charge in [0.05, 0.1) is 11.6 Å². The minimum absolute atomic E-state index is 0.646. The van der Waals surface area contributed by atoms with Crippen molar-refractivity contribution < 1.29 is 0 Å². The van der Waals surface area contributed by atoms with Crippen LogP contribution < -0.4 is 10.2 Å². The lowest BCUT2D eigenvalue weighted by atomic mass is 10.2. The highest BCUT2D eigenvalue weighted by Gasteiger charge is 2.17. The second kappa shape index (κ2) is 6.63. The normalized spacial score (nSPS) is 15.3. The van der Waals surface area contributed by atoms with Crippen molar-refractivity contribution >= 4 is 17.5 Å². The number of aromatic nitrogens is 2. The molecule has 0 saturated carbocycles. The topological polar surface area (TPSA) is 68.1 Å². The van der Waals surface area contributed by atoms with Gasteiger partial charge in [-0.2, -0.15) is 10.2 Å². The SMILES string of the molecule is Cc1cc(Nc2ccc(C#N)cc2)nc(N2CCN(C)CC2)n1. The van der Waals surface area contributed by atoms with Crippen LogP contribution in [-0.4, -0.2) is 48.1 Å². The van der Waals surface area contributed by atoms with Crippen molar-refractivity contribution in [3.05, 3.63) is 41.6 Å². The third-order valence-corrected chi connectivity index (χ3v) is 3.91. The molecular weight excluding hydrogens is 288 g/mol. The van der Waals surface area contributed by atoms with E-state index in [1.165, 1.54) is 0 Å². The molecule has 6 nitrogen and oxygen atoms in total. The molecular formula is C17H20N6. The van der Waals surface area contributed by atoms with Crippen molar-refractivity contribution in [2.24, 2.45) is 0 Å². The van der Waals surface area contributed by atoms with E-state index < -0.39 is 0 Å². The number of hydrogen-bond acceptors (Lipinski definition) is 6. The molecule has 1 saturated heterocycles. The molecule has 0 aliphatic carbocycles. The van der Waals surface area contributed by atoms with Crippen LogP contribution in [0, 0.1) is 18.3 Å². The summed E-state index contributed by atoms with van der Waals surface area (Å²) in [5.41, 5.74) is 2.49. The molecule has 1 aliphatic rings. The number of nitrogens with one attached hydrogen (secondary N) is 1. The number of likely N-dealkylation sites (N-methyl/N-ethyl adjacent to an activating group) is 1. The lowest BCUT2D eigenvalue weighted by molar-refractivity contribution is 0.311. The van der Waals surface area contributed by atoms with Crippen LogP contribution in [0.3, 0.4) is 0 Å². The van der Waals surface area contributed by atoms with E-state index in [0.29, 0.717) is 5.56 Å². The van der Waals surface area contributed by atoms with Gasteiger partial charge in [-0.05, 0) is 38.2 Å². The van der Waals surface area contributed by atoms with E-state index in [1.54, 1.807) is 12.1 Å². The highest BCUT2D eigenvalue weighted by molar-refractivity contribution is 5.58. The standard InChI is InChI=1S/C17H20N6/c1-13-11-16(20-15-5-3-14(12-18)4-6-15)21-17(19-13)23-9-7-22(2)8-10-23/h3-6,11H,7-10H2,1-2H3,(H,19,20,21). The summed E-state index contributed by atoms with van der Waals surface area (Å²) in [6, 6.07) is 11.4. The average Bonchev–Trinajstić information content (AvgIpc) is 2.56. The first-order valence-electron chi connectivity index (χ1n) is 7.70. The van der Waals surface area contributed by atoms with Crippen LogP contribution >= 0.6 is 0 Å². The Kier molecular flexibility index (Phi) is 4.40. The molecule has 0 unspecified atom stereocenters. The maximum absolute atomic E-state index is 8.85. The summed E-state index contributed by atoms with van der Waals surface area (Å²) in [6.07, 6.45) is 0. The van der Waals surface area contributed by atoms with Gasteiger partial charge in [0.2, 0.25) is 5.95 Å². The molecule has 0 bridgehead atoms. The number of hydrogen-bond donors (Lipinski definition) is 1. The smallest absolute Gasteiger partial charge is 0.227 e. The van der Waals surface area contributed by atoms with Gasteiger partial charge in [-0.1, -0.05) is 0 Å². The fourth-order valence-corrected chi connectivity index (χ4v) is 2.54. The van der Waals surface area contributed by atoms with Gasteiger partial charge in [0.25, 0.3) is 0 Å². The van der Waals surface area contributed by atoms with Gasteiger partial charge in [0.15, 0.2) is 0 Å². The molecule has 23 heavy (non-hydrogen) atoms. The molecule has 1 aliphatic heterocycles. The van der Waals surface area contributed by atoms with E-state index in [4.69, 9.17) is 5.26 Å². The highest BCUT2D eigenvalue weighted by Crippen LogP contribution is 2.19. The van der Waals surface area contributed by atoms with Crippen molar-refractivity contribution in [3.8, 4) is 6.07 Å². The maximum atomic E-state index is 8.85. The van der Waals surface area contributed by atoms with Crippen molar-refractivity contribution in [3.63, 3.8) is 0 Å². The summed E-state index contributed by atoms with van der Waals surface area (Å²) >= 11 is 0. The molecule has 1 aromatic heterocycles. The molecule has 6 heteroatoms. The fraction of sp³-hybridized carbons (Fsp3) is 0.353.